The molecule has 0 bridgehead atoms. The monoisotopic (exact) mass is 377 g/mol. The average molecular weight is 378 g/mol. The lowest BCUT2D eigenvalue weighted by Gasteiger charge is -2.12. The maximum atomic E-state index is 12.0. The van der Waals surface area contributed by atoms with Crippen LogP contribution in [0.1, 0.15) is 36.5 Å². The first-order valence-electron chi connectivity index (χ1n) is 8.05. The van der Waals surface area contributed by atoms with Gasteiger partial charge in [-0.1, -0.05) is 31.4 Å². The summed E-state index contributed by atoms with van der Waals surface area (Å²) in [6.45, 7) is 2.78. The molecule has 1 amide bonds. The van der Waals surface area contributed by atoms with Crippen LogP contribution in [0.15, 0.2) is 42.7 Å². The summed E-state index contributed by atoms with van der Waals surface area (Å²) in [7, 11) is 0. The number of hydrogen-bond donors (Lipinski definition) is 2. The highest BCUT2D eigenvalue weighted by molar-refractivity contribution is 7.80. The van der Waals surface area contributed by atoms with Crippen molar-refractivity contribution in [2.45, 2.75) is 26.2 Å². The van der Waals surface area contributed by atoms with Gasteiger partial charge in [-0.05, 0) is 49.0 Å². The van der Waals surface area contributed by atoms with E-state index in [1.165, 1.54) is 6.20 Å². The predicted molar refractivity (Wildman–Crippen MR) is 104 cm³/mol. The number of rotatable bonds is 7. The number of thiocarbonyl (C=S) groups is 1. The van der Waals surface area contributed by atoms with Crippen LogP contribution < -0.4 is 15.4 Å². The first kappa shape index (κ1) is 19.1. The number of benzene rings is 1. The lowest BCUT2D eigenvalue weighted by Crippen LogP contribution is -2.34. The van der Waals surface area contributed by atoms with Gasteiger partial charge in [0.2, 0.25) is 0 Å². The van der Waals surface area contributed by atoms with E-state index in [0.29, 0.717) is 28.6 Å². The van der Waals surface area contributed by atoms with Gasteiger partial charge in [-0.3, -0.25) is 15.1 Å². The lowest BCUT2D eigenvalue weighted by atomic mass is 10.2. The van der Waals surface area contributed by atoms with Gasteiger partial charge >= 0.3 is 0 Å². The number of unbranched alkanes of at least 4 members (excludes halogenated alkanes) is 2. The quantitative estimate of drug-likeness (QED) is 0.552. The molecule has 0 radical (unpaired) electrons. The number of halogens is 1. The van der Waals surface area contributed by atoms with Crippen LogP contribution in [0.25, 0.3) is 0 Å². The van der Waals surface area contributed by atoms with Crippen LogP contribution in [0.4, 0.5) is 5.69 Å². The maximum Gasteiger partial charge on any atom is 0.258 e. The third kappa shape index (κ3) is 6.32. The molecule has 5 nitrogen and oxygen atoms in total. The van der Waals surface area contributed by atoms with Crippen molar-refractivity contribution in [3.8, 4) is 5.75 Å². The fourth-order valence-corrected chi connectivity index (χ4v) is 2.51. The van der Waals surface area contributed by atoms with E-state index in [-0.39, 0.29) is 11.0 Å². The molecule has 2 N–H and O–H groups in total. The Morgan fingerprint density at radius 2 is 2.16 bits per heavy atom. The van der Waals surface area contributed by atoms with Gasteiger partial charge in [0.15, 0.2) is 5.11 Å². The highest BCUT2D eigenvalue weighted by Gasteiger charge is 2.09. The fraction of sp³-hybridized carbons (Fsp3) is 0.278. The maximum absolute atomic E-state index is 12.0. The van der Waals surface area contributed by atoms with Gasteiger partial charge in [0.05, 0.1) is 17.2 Å². The van der Waals surface area contributed by atoms with Gasteiger partial charge in [0.25, 0.3) is 5.91 Å². The fourth-order valence-electron chi connectivity index (χ4n) is 2.06. The minimum Gasteiger partial charge on any atom is -0.492 e. The molecule has 0 aliphatic carbocycles. The molecule has 0 aliphatic rings. The summed E-state index contributed by atoms with van der Waals surface area (Å²) < 4.78 is 5.65. The molecule has 1 aromatic carbocycles. The minimum atomic E-state index is -0.326. The second-order valence-electron chi connectivity index (χ2n) is 5.35. The second-order valence-corrected chi connectivity index (χ2v) is 6.17. The van der Waals surface area contributed by atoms with Crippen molar-refractivity contribution in [1.82, 2.24) is 10.3 Å². The molecule has 0 aliphatic heterocycles. The molecule has 7 heteroatoms. The molecule has 0 fully saturated rings. The van der Waals surface area contributed by atoms with Crippen molar-refractivity contribution in [2.75, 3.05) is 11.9 Å². The summed E-state index contributed by atoms with van der Waals surface area (Å²) in [4.78, 5) is 15.9. The van der Waals surface area contributed by atoms with Crippen molar-refractivity contribution in [1.29, 1.82) is 0 Å². The zero-order chi connectivity index (χ0) is 18.1. The van der Waals surface area contributed by atoms with Gasteiger partial charge in [0, 0.05) is 18.1 Å². The van der Waals surface area contributed by atoms with Crippen LogP contribution in [-0.4, -0.2) is 22.6 Å². The van der Waals surface area contributed by atoms with E-state index in [1.54, 1.807) is 36.5 Å². The van der Waals surface area contributed by atoms with E-state index < -0.39 is 0 Å². The molecular formula is C18H20ClN3O2S. The first-order valence-corrected chi connectivity index (χ1v) is 8.83. The SMILES string of the molecule is CCCCCOc1ccc(NC(=S)NC(=O)c2cccnc2)cc1Cl. The van der Waals surface area contributed by atoms with Crippen molar-refractivity contribution in [3.05, 3.63) is 53.3 Å². The number of nitrogens with one attached hydrogen (secondary N) is 2. The minimum absolute atomic E-state index is 0.182. The Balaban J connectivity index is 1.88. The lowest BCUT2D eigenvalue weighted by molar-refractivity contribution is 0.0977. The van der Waals surface area contributed by atoms with Crippen LogP contribution in [0.5, 0.6) is 5.75 Å². The second kappa shape index (κ2) is 9.96. The van der Waals surface area contributed by atoms with Gasteiger partial charge < -0.3 is 10.1 Å². The Morgan fingerprint density at radius 1 is 1.32 bits per heavy atom. The van der Waals surface area contributed by atoms with Crippen molar-refractivity contribution >= 4 is 40.5 Å². The largest absolute Gasteiger partial charge is 0.492 e. The van der Waals surface area contributed by atoms with Crippen LogP contribution in [0, 0.1) is 0 Å². The van der Waals surface area contributed by atoms with Crippen molar-refractivity contribution in [2.24, 2.45) is 0 Å². The van der Waals surface area contributed by atoms with Crippen LogP contribution in [0.2, 0.25) is 5.02 Å². The summed E-state index contributed by atoms with van der Waals surface area (Å²) >= 11 is 11.4. The number of hydrogen-bond acceptors (Lipinski definition) is 4. The average Bonchev–Trinajstić information content (AvgIpc) is 2.61. The van der Waals surface area contributed by atoms with Crippen LogP contribution in [-0.2, 0) is 0 Å². The first-order chi connectivity index (χ1) is 12.1. The highest BCUT2D eigenvalue weighted by atomic mass is 35.5. The summed E-state index contributed by atoms with van der Waals surface area (Å²) in [6, 6.07) is 8.63. The third-order valence-corrected chi connectivity index (χ3v) is 3.85. The molecule has 0 spiro atoms. The van der Waals surface area contributed by atoms with Crippen LogP contribution in [0.3, 0.4) is 0 Å². The highest BCUT2D eigenvalue weighted by Crippen LogP contribution is 2.27. The number of nitrogens with zero attached hydrogens (tertiary/aromatic N) is 1. The van der Waals surface area contributed by atoms with E-state index in [4.69, 9.17) is 28.6 Å². The number of carbonyl (C=O) groups excluding carboxylic acids is 1. The van der Waals surface area contributed by atoms with E-state index in [9.17, 15) is 4.79 Å². The normalized spacial score (nSPS) is 10.2. The topological polar surface area (TPSA) is 63.2 Å². The molecule has 25 heavy (non-hydrogen) atoms. The number of ether oxygens (including phenoxy) is 1. The van der Waals surface area contributed by atoms with E-state index in [1.807, 2.05) is 0 Å². The Labute approximate surface area is 157 Å². The third-order valence-electron chi connectivity index (χ3n) is 3.35. The summed E-state index contributed by atoms with van der Waals surface area (Å²) in [5, 5.41) is 6.19. The molecule has 0 unspecified atom stereocenters. The summed E-state index contributed by atoms with van der Waals surface area (Å²) in [6.07, 6.45) is 6.34. The molecule has 1 aromatic heterocycles. The molecule has 0 saturated heterocycles. The number of anilines is 1. The van der Waals surface area contributed by atoms with Gasteiger partial charge in [-0.2, -0.15) is 0 Å². The van der Waals surface area contributed by atoms with Gasteiger partial charge in [0.1, 0.15) is 5.75 Å². The Hall–Kier alpha value is -2.18. The molecule has 1 heterocycles. The summed E-state index contributed by atoms with van der Waals surface area (Å²) in [5.41, 5.74) is 1.10. The smallest absolute Gasteiger partial charge is 0.258 e. The number of pyridine rings is 1. The van der Waals surface area contributed by atoms with Crippen molar-refractivity contribution in [3.63, 3.8) is 0 Å². The molecule has 0 saturated carbocycles. The number of carbonyl (C=O) groups is 1. The predicted octanol–water partition coefficient (Wildman–Crippen LogP) is 4.43. The van der Waals surface area contributed by atoms with Gasteiger partial charge in [-0.15, -0.1) is 0 Å². The Morgan fingerprint density at radius 3 is 2.84 bits per heavy atom. The van der Waals surface area contributed by atoms with E-state index in [0.717, 1.165) is 19.3 Å². The van der Waals surface area contributed by atoms with Gasteiger partial charge in [-0.25, -0.2) is 0 Å². The molecule has 0 atom stereocenters. The zero-order valence-corrected chi connectivity index (χ0v) is 15.5. The molecule has 2 aromatic rings. The molecule has 132 valence electrons. The summed E-state index contributed by atoms with van der Waals surface area (Å²) in [5.74, 6) is 0.307. The van der Waals surface area contributed by atoms with E-state index in [2.05, 4.69) is 22.5 Å². The molecular weight excluding hydrogens is 358 g/mol. The van der Waals surface area contributed by atoms with Crippen molar-refractivity contribution < 1.29 is 9.53 Å². The molecule has 2 rings (SSSR count). The van der Waals surface area contributed by atoms with E-state index >= 15 is 0 Å². The Kier molecular flexibility index (Phi) is 7.63. The zero-order valence-electron chi connectivity index (χ0n) is 13.9. The number of amides is 1. The number of aromatic nitrogens is 1. The standard InChI is InChI=1S/C18H20ClN3O2S/c1-2-3-4-10-24-16-8-7-14(11-15(16)19)21-18(25)22-17(23)13-6-5-9-20-12-13/h5-9,11-12H,2-4,10H2,1H3,(H2,21,22,23,25). The Bertz CT molecular complexity index is 726. The van der Waals surface area contributed by atoms with Crippen LogP contribution >= 0.6 is 23.8 Å².